The Hall–Kier alpha value is -3.30. The second-order valence-electron chi connectivity index (χ2n) is 8.83. The molecule has 0 bridgehead atoms. The van der Waals surface area contributed by atoms with E-state index in [0.29, 0.717) is 36.0 Å². The number of amides is 1. The van der Waals surface area contributed by atoms with Crippen LogP contribution in [-0.4, -0.2) is 76.8 Å². The van der Waals surface area contributed by atoms with Crippen LogP contribution in [0.5, 0.6) is 0 Å². The average Bonchev–Trinajstić information content (AvgIpc) is 3.13. The number of likely N-dealkylation sites (tertiary alicyclic amines) is 1. The molecule has 0 saturated carbocycles. The fraction of sp³-hybridized carbons (Fsp3) is 0.391. The summed E-state index contributed by atoms with van der Waals surface area (Å²) in [5.41, 5.74) is 5.19. The van der Waals surface area contributed by atoms with Crippen molar-refractivity contribution in [3.8, 4) is 0 Å². The average molecular weight is 432 g/mol. The standard InChI is InChI=1S/C23H25N7O2/c1-24-23(31)19-20(25-15-11-32-12-15)16-8-14(7-13-9-29(2)10-13)27-28-21(16)30-18-6-4-3-5-17(18)26-22(19)30/h3-6,8,13,15,25H,7,9-12H2,1-2H3,(H,24,31). The van der Waals surface area contributed by atoms with Gasteiger partial charge in [0.05, 0.1) is 41.7 Å². The highest BCUT2D eigenvalue weighted by Crippen LogP contribution is 2.34. The molecule has 5 heterocycles. The number of anilines is 1. The van der Waals surface area contributed by atoms with E-state index >= 15 is 0 Å². The van der Waals surface area contributed by atoms with E-state index in [1.165, 1.54) is 0 Å². The molecule has 2 aliphatic rings. The minimum atomic E-state index is -0.186. The van der Waals surface area contributed by atoms with Crippen molar-refractivity contribution in [3.63, 3.8) is 0 Å². The quantitative estimate of drug-likeness (QED) is 0.497. The molecule has 3 aromatic heterocycles. The lowest BCUT2D eigenvalue weighted by molar-refractivity contribution is 0.0211. The lowest BCUT2D eigenvalue weighted by atomic mass is 9.95. The van der Waals surface area contributed by atoms with Crippen LogP contribution < -0.4 is 10.6 Å². The van der Waals surface area contributed by atoms with Crippen molar-refractivity contribution in [3.05, 3.63) is 41.6 Å². The fourth-order valence-electron chi connectivity index (χ4n) is 4.80. The molecule has 9 heteroatoms. The maximum absolute atomic E-state index is 13.1. The minimum absolute atomic E-state index is 0.144. The summed E-state index contributed by atoms with van der Waals surface area (Å²) in [6.45, 7) is 3.35. The molecule has 2 fully saturated rings. The van der Waals surface area contributed by atoms with E-state index in [4.69, 9.17) is 9.72 Å². The first-order chi connectivity index (χ1) is 15.6. The van der Waals surface area contributed by atoms with Gasteiger partial charge in [-0.1, -0.05) is 12.1 Å². The van der Waals surface area contributed by atoms with Gasteiger partial charge in [-0.15, -0.1) is 5.10 Å². The number of ether oxygens (including phenoxy) is 1. The van der Waals surface area contributed by atoms with Gasteiger partial charge in [-0.2, -0.15) is 5.10 Å². The molecule has 4 aromatic rings. The van der Waals surface area contributed by atoms with Crippen molar-refractivity contribution in [1.29, 1.82) is 0 Å². The third kappa shape index (κ3) is 3.00. The van der Waals surface area contributed by atoms with Crippen molar-refractivity contribution in [2.75, 3.05) is 45.7 Å². The molecule has 32 heavy (non-hydrogen) atoms. The molecule has 1 amide bonds. The Balaban J connectivity index is 1.63. The Morgan fingerprint density at radius 1 is 1.19 bits per heavy atom. The molecule has 2 N–H and O–H groups in total. The van der Waals surface area contributed by atoms with Crippen LogP contribution in [0.1, 0.15) is 16.1 Å². The smallest absolute Gasteiger partial charge is 0.256 e. The highest BCUT2D eigenvalue weighted by atomic mass is 16.5. The SMILES string of the molecule is CNC(=O)c1c(NC2COC2)c2cc(CC3CN(C)C3)nnc2n2c1nc1ccccc12. The molecule has 1 aromatic carbocycles. The number of fused-ring (bicyclic) bond motifs is 5. The van der Waals surface area contributed by atoms with Crippen LogP contribution in [0.4, 0.5) is 5.69 Å². The number of benzene rings is 1. The highest BCUT2D eigenvalue weighted by molar-refractivity contribution is 6.13. The van der Waals surface area contributed by atoms with E-state index in [0.717, 1.165) is 47.3 Å². The summed E-state index contributed by atoms with van der Waals surface area (Å²) in [4.78, 5) is 20.2. The normalized spacial score (nSPS) is 17.6. The van der Waals surface area contributed by atoms with Crippen molar-refractivity contribution < 1.29 is 9.53 Å². The van der Waals surface area contributed by atoms with E-state index in [1.807, 2.05) is 28.7 Å². The molecular formula is C23H25N7O2. The van der Waals surface area contributed by atoms with Gasteiger partial charge in [0.15, 0.2) is 11.3 Å². The van der Waals surface area contributed by atoms with Gasteiger partial charge in [0, 0.05) is 25.5 Å². The number of aromatic nitrogens is 4. The fourth-order valence-corrected chi connectivity index (χ4v) is 4.80. The van der Waals surface area contributed by atoms with Gasteiger partial charge >= 0.3 is 0 Å². The molecule has 9 nitrogen and oxygen atoms in total. The first kappa shape index (κ1) is 19.4. The zero-order chi connectivity index (χ0) is 21.8. The summed E-state index contributed by atoms with van der Waals surface area (Å²) in [5.74, 6) is 0.397. The molecule has 0 atom stereocenters. The predicted octanol–water partition coefficient (Wildman–Crippen LogP) is 1.71. The van der Waals surface area contributed by atoms with Gasteiger partial charge in [0.25, 0.3) is 5.91 Å². The number of para-hydroxylation sites is 2. The Morgan fingerprint density at radius 2 is 2.00 bits per heavy atom. The van der Waals surface area contributed by atoms with Crippen LogP contribution in [0.15, 0.2) is 30.3 Å². The molecule has 0 spiro atoms. The minimum Gasteiger partial charge on any atom is -0.377 e. The van der Waals surface area contributed by atoms with Crippen LogP contribution in [0.3, 0.4) is 0 Å². The van der Waals surface area contributed by atoms with Gasteiger partial charge < -0.3 is 20.3 Å². The Morgan fingerprint density at radius 3 is 2.72 bits per heavy atom. The third-order valence-electron chi connectivity index (χ3n) is 6.42. The number of hydrogen-bond donors (Lipinski definition) is 2. The van der Waals surface area contributed by atoms with Gasteiger partial charge in [0.1, 0.15) is 5.56 Å². The lowest BCUT2D eigenvalue weighted by Crippen LogP contribution is -2.44. The summed E-state index contributed by atoms with van der Waals surface area (Å²) in [7, 11) is 3.77. The lowest BCUT2D eigenvalue weighted by Gasteiger charge is -2.36. The van der Waals surface area contributed by atoms with E-state index in [2.05, 4.69) is 38.8 Å². The number of pyridine rings is 1. The summed E-state index contributed by atoms with van der Waals surface area (Å²) in [6, 6.07) is 10.1. The first-order valence-corrected chi connectivity index (χ1v) is 11.0. The number of carbonyl (C=O) groups excluding carboxylic acids is 1. The number of nitrogens with one attached hydrogen (secondary N) is 2. The monoisotopic (exact) mass is 431 g/mol. The van der Waals surface area contributed by atoms with E-state index in [1.54, 1.807) is 7.05 Å². The summed E-state index contributed by atoms with van der Waals surface area (Å²) >= 11 is 0. The number of imidazole rings is 1. The number of carbonyl (C=O) groups is 1. The van der Waals surface area contributed by atoms with Gasteiger partial charge in [-0.25, -0.2) is 4.98 Å². The molecule has 164 valence electrons. The Bertz CT molecular complexity index is 1360. The van der Waals surface area contributed by atoms with Crippen LogP contribution in [0, 0.1) is 5.92 Å². The van der Waals surface area contributed by atoms with Gasteiger partial charge in [0.2, 0.25) is 0 Å². The second-order valence-corrected chi connectivity index (χ2v) is 8.83. The molecule has 0 aliphatic carbocycles. The maximum atomic E-state index is 13.1. The first-order valence-electron chi connectivity index (χ1n) is 11.0. The Labute approximate surface area is 184 Å². The summed E-state index contributed by atoms with van der Waals surface area (Å²) in [6.07, 6.45) is 0.872. The number of rotatable bonds is 5. The van der Waals surface area contributed by atoms with Crippen molar-refractivity contribution >= 4 is 39.3 Å². The molecular weight excluding hydrogens is 406 g/mol. The highest BCUT2D eigenvalue weighted by Gasteiger charge is 2.29. The largest absolute Gasteiger partial charge is 0.377 e. The van der Waals surface area contributed by atoms with E-state index in [-0.39, 0.29) is 11.9 Å². The molecule has 2 aliphatic heterocycles. The molecule has 6 rings (SSSR count). The van der Waals surface area contributed by atoms with Gasteiger partial charge in [-0.3, -0.25) is 9.20 Å². The number of hydrogen-bond acceptors (Lipinski definition) is 7. The van der Waals surface area contributed by atoms with Crippen LogP contribution in [0.2, 0.25) is 0 Å². The zero-order valence-corrected chi connectivity index (χ0v) is 18.1. The zero-order valence-electron chi connectivity index (χ0n) is 18.1. The topological polar surface area (TPSA) is 96.7 Å². The molecule has 0 radical (unpaired) electrons. The van der Waals surface area contributed by atoms with Crippen molar-refractivity contribution in [1.82, 2.24) is 29.8 Å². The number of nitrogens with zero attached hydrogens (tertiary/aromatic N) is 5. The predicted molar refractivity (Wildman–Crippen MR) is 122 cm³/mol. The Kier molecular flexibility index (Phi) is 4.48. The summed E-state index contributed by atoms with van der Waals surface area (Å²) in [5, 5.41) is 16.4. The van der Waals surface area contributed by atoms with Gasteiger partial charge in [-0.05, 0) is 37.6 Å². The van der Waals surface area contributed by atoms with E-state index < -0.39 is 0 Å². The van der Waals surface area contributed by atoms with Crippen molar-refractivity contribution in [2.24, 2.45) is 5.92 Å². The van der Waals surface area contributed by atoms with E-state index in [9.17, 15) is 4.79 Å². The van der Waals surface area contributed by atoms with Crippen LogP contribution in [0.25, 0.3) is 27.7 Å². The maximum Gasteiger partial charge on any atom is 0.256 e. The second kappa shape index (κ2) is 7.39. The molecule has 0 unspecified atom stereocenters. The summed E-state index contributed by atoms with van der Waals surface area (Å²) < 4.78 is 7.32. The molecule has 2 saturated heterocycles. The van der Waals surface area contributed by atoms with Crippen LogP contribution >= 0.6 is 0 Å². The third-order valence-corrected chi connectivity index (χ3v) is 6.42. The van der Waals surface area contributed by atoms with Crippen molar-refractivity contribution in [2.45, 2.75) is 12.5 Å². The van der Waals surface area contributed by atoms with Crippen LogP contribution in [-0.2, 0) is 11.2 Å².